The predicted molar refractivity (Wildman–Crippen MR) is 127 cm³/mol. The molecule has 2 amide bonds. The van der Waals surface area contributed by atoms with Gasteiger partial charge < -0.3 is 19.2 Å². The standard InChI is InChI=1S/C26H24N4O4/c1-18-8-9-24-28-21(16-29(24)15-18)17-34-23-7-3-5-20(13-23)25(31)27-14-19-4-2-6-22(12-19)30-10-11-33-26(30)32/h2-9,12-13,15-16H,10-11,14,17H2,1H3,(H,27,31). The maximum atomic E-state index is 12.7. The summed E-state index contributed by atoms with van der Waals surface area (Å²) in [5.41, 5.74) is 4.97. The van der Waals surface area contributed by atoms with Crippen molar-refractivity contribution in [3.63, 3.8) is 0 Å². The molecule has 3 heterocycles. The number of cyclic esters (lactones) is 1. The Morgan fingerprint density at radius 3 is 2.85 bits per heavy atom. The van der Waals surface area contributed by atoms with Gasteiger partial charge in [0.25, 0.3) is 5.91 Å². The monoisotopic (exact) mass is 456 g/mol. The zero-order valence-electron chi connectivity index (χ0n) is 18.7. The summed E-state index contributed by atoms with van der Waals surface area (Å²) in [6.07, 6.45) is 3.61. The Bertz CT molecular complexity index is 1360. The molecule has 2 aromatic carbocycles. The molecule has 5 rings (SSSR count). The molecule has 1 fully saturated rings. The fraction of sp³-hybridized carbons (Fsp3) is 0.192. The summed E-state index contributed by atoms with van der Waals surface area (Å²) in [4.78, 5) is 30.6. The van der Waals surface area contributed by atoms with E-state index in [2.05, 4.69) is 10.3 Å². The van der Waals surface area contributed by atoms with Crippen molar-refractivity contribution < 1.29 is 19.1 Å². The van der Waals surface area contributed by atoms with Gasteiger partial charge in [0, 0.05) is 30.2 Å². The predicted octanol–water partition coefficient (Wildman–Crippen LogP) is 4.11. The van der Waals surface area contributed by atoms with Crippen molar-refractivity contribution in [2.75, 3.05) is 18.1 Å². The van der Waals surface area contributed by atoms with Crippen LogP contribution >= 0.6 is 0 Å². The van der Waals surface area contributed by atoms with Crippen molar-refractivity contribution in [2.24, 2.45) is 0 Å². The minimum absolute atomic E-state index is 0.209. The van der Waals surface area contributed by atoms with Crippen LogP contribution in [-0.4, -0.2) is 34.5 Å². The van der Waals surface area contributed by atoms with Crippen LogP contribution in [0.15, 0.2) is 73.1 Å². The molecule has 1 N–H and O–H groups in total. The van der Waals surface area contributed by atoms with Crippen LogP contribution in [0.1, 0.15) is 27.2 Å². The summed E-state index contributed by atoms with van der Waals surface area (Å²) < 4.78 is 12.9. The third-order valence-corrected chi connectivity index (χ3v) is 5.57. The van der Waals surface area contributed by atoms with Crippen molar-refractivity contribution in [2.45, 2.75) is 20.1 Å². The number of benzene rings is 2. The molecule has 2 aromatic heterocycles. The quantitative estimate of drug-likeness (QED) is 0.452. The fourth-order valence-corrected chi connectivity index (χ4v) is 3.86. The second-order valence-electron chi connectivity index (χ2n) is 8.14. The number of nitrogens with zero attached hydrogens (tertiary/aromatic N) is 3. The highest BCUT2D eigenvalue weighted by Crippen LogP contribution is 2.20. The summed E-state index contributed by atoms with van der Waals surface area (Å²) >= 11 is 0. The average Bonchev–Trinajstić information content (AvgIpc) is 3.47. The maximum Gasteiger partial charge on any atom is 0.414 e. The van der Waals surface area contributed by atoms with Gasteiger partial charge in [-0.3, -0.25) is 9.69 Å². The molecule has 0 spiro atoms. The third kappa shape index (κ3) is 4.71. The molecule has 0 saturated carbocycles. The van der Waals surface area contributed by atoms with E-state index >= 15 is 0 Å². The lowest BCUT2D eigenvalue weighted by Gasteiger charge is -2.14. The number of aryl methyl sites for hydroxylation is 1. The Labute approximate surface area is 196 Å². The van der Waals surface area contributed by atoms with Gasteiger partial charge in [-0.1, -0.05) is 24.3 Å². The highest BCUT2D eigenvalue weighted by atomic mass is 16.6. The fourth-order valence-electron chi connectivity index (χ4n) is 3.86. The molecule has 0 bridgehead atoms. The Kier molecular flexibility index (Phi) is 5.86. The normalized spacial score (nSPS) is 13.2. The lowest BCUT2D eigenvalue weighted by Crippen LogP contribution is -2.25. The van der Waals surface area contributed by atoms with Gasteiger partial charge in [-0.2, -0.15) is 0 Å². The first-order valence-corrected chi connectivity index (χ1v) is 11.0. The van der Waals surface area contributed by atoms with Crippen molar-refractivity contribution in [1.82, 2.24) is 14.7 Å². The summed E-state index contributed by atoms with van der Waals surface area (Å²) in [5.74, 6) is 0.384. The van der Waals surface area contributed by atoms with Gasteiger partial charge in [0.05, 0.1) is 12.2 Å². The van der Waals surface area contributed by atoms with E-state index in [1.165, 1.54) is 0 Å². The van der Waals surface area contributed by atoms with Gasteiger partial charge in [-0.05, 0) is 54.4 Å². The molecule has 34 heavy (non-hydrogen) atoms. The van der Waals surface area contributed by atoms with Gasteiger partial charge in [0.1, 0.15) is 24.6 Å². The molecular formula is C26H24N4O4. The first-order valence-electron chi connectivity index (χ1n) is 11.0. The number of aromatic nitrogens is 2. The Balaban J connectivity index is 1.20. The summed E-state index contributed by atoms with van der Waals surface area (Å²) in [5, 5.41) is 2.92. The average molecular weight is 457 g/mol. The number of anilines is 1. The number of imidazole rings is 1. The minimum Gasteiger partial charge on any atom is -0.487 e. The second-order valence-corrected chi connectivity index (χ2v) is 8.14. The second kappa shape index (κ2) is 9.27. The van der Waals surface area contributed by atoms with Gasteiger partial charge in [-0.15, -0.1) is 0 Å². The van der Waals surface area contributed by atoms with Crippen LogP contribution in [0, 0.1) is 6.92 Å². The number of carbonyl (C=O) groups is 2. The van der Waals surface area contributed by atoms with E-state index in [0.29, 0.717) is 37.6 Å². The number of pyridine rings is 1. The van der Waals surface area contributed by atoms with Crippen LogP contribution in [-0.2, 0) is 17.9 Å². The van der Waals surface area contributed by atoms with Gasteiger partial charge >= 0.3 is 6.09 Å². The smallest absolute Gasteiger partial charge is 0.414 e. The SMILES string of the molecule is Cc1ccc2nc(COc3cccc(C(=O)NCc4cccc(N5CCOC5=O)c4)c3)cn2c1. The van der Waals surface area contributed by atoms with Crippen molar-refractivity contribution in [3.8, 4) is 5.75 Å². The molecular weight excluding hydrogens is 432 g/mol. The first-order chi connectivity index (χ1) is 16.5. The van der Waals surface area contributed by atoms with Crippen LogP contribution in [0.4, 0.5) is 10.5 Å². The lowest BCUT2D eigenvalue weighted by atomic mass is 10.1. The minimum atomic E-state index is -0.350. The first kappa shape index (κ1) is 21.5. The highest BCUT2D eigenvalue weighted by molar-refractivity contribution is 5.94. The largest absolute Gasteiger partial charge is 0.487 e. The molecule has 0 radical (unpaired) electrons. The Hall–Kier alpha value is -4.33. The zero-order valence-corrected chi connectivity index (χ0v) is 18.7. The Morgan fingerprint density at radius 1 is 1.12 bits per heavy atom. The summed E-state index contributed by atoms with van der Waals surface area (Å²) in [6, 6.07) is 18.5. The maximum absolute atomic E-state index is 12.7. The zero-order chi connectivity index (χ0) is 23.5. The lowest BCUT2D eigenvalue weighted by molar-refractivity contribution is 0.0950. The third-order valence-electron chi connectivity index (χ3n) is 5.57. The molecule has 1 saturated heterocycles. The molecule has 8 heteroatoms. The van der Waals surface area contributed by atoms with E-state index in [1.54, 1.807) is 23.1 Å². The summed E-state index contributed by atoms with van der Waals surface area (Å²) in [6.45, 7) is 3.58. The van der Waals surface area contributed by atoms with Crippen molar-refractivity contribution >= 4 is 23.3 Å². The molecule has 1 aliphatic rings. The van der Waals surface area contributed by atoms with E-state index in [9.17, 15) is 9.59 Å². The van der Waals surface area contributed by atoms with Crippen molar-refractivity contribution in [3.05, 3.63) is 95.4 Å². The number of amides is 2. The number of carbonyl (C=O) groups excluding carboxylic acids is 2. The molecule has 1 aliphatic heterocycles. The van der Waals surface area contributed by atoms with Crippen LogP contribution in [0.3, 0.4) is 0 Å². The van der Waals surface area contributed by atoms with E-state index in [-0.39, 0.29) is 12.0 Å². The van der Waals surface area contributed by atoms with Gasteiger partial charge in [0.15, 0.2) is 0 Å². The van der Waals surface area contributed by atoms with E-state index in [4.69, 9.17) is 9.47 Å². The van der Waals surface area contributed by atoms with Crippen molar-refractivity contribution in [1.29, 1.82) is 0 Å². The Morgan fingerprint density at radius 2 is 2.00 bits per heavy atom. The molecule has 4 aromatic rings. The van der Waals surface area contributed by atoms with Crippen LogP contribution in [0.2, 0.25) is 0 Å². The van der Waals surface area contributed by atoms with Gasteiger partial charge in [0.2, 0.25) is 0 Å². The van der Waals surface area contributed by atoms with E-state index in [1.807, 2.05) is 66.2 Å². The van der Waals surface area contributed by atoms with Crippen LogP contribution < -0.4 is 15.0 Å². The highest BCUT2D eigenvalue weighted by Gasteiger charge is 2.23. The van der Waals surface area contributed by atoms with E-state index < -0.39 is 0 Å². The summed E-state index contributed by atoms with van der Waals surface area (Å²) in [7, 11) is 0. The van der Waals surface area contributed by atoms with Gasteiger partial charge in [-0.25, -0.2) is 9.78 Å². The van der Waals surface area contributed by atoms with Crippen LogP contribution in [0.5, 0.6) is 5.75 Å². The number of hydrogen-bond acceptors (Lipinski definition) is 5. The van der Waals surface area contributed by atoms with E-state index in [0.717, 1.165) is 28.2 Å². The van der Waals surface area contributed by atoms with Crippen LogP contribution in [0.25, 0.3) is 5.65 Å². The molecule has 0 atom stereocenters. The number of rotatable bonds is 7. The molecule has 0 unspecified atom stereocenters. The molecule has 8 nitrogen and oxygen atoms in total. The number of hydrogen-bond donors (Lipinski definition) is 1. The molecule has 0 aliphatic carbocycles. The number of ether oxygens (including phenoxy) is 2. The number of nitrogens with one attached hydrogen (secondary N) is 1. The topological polar surface area (TPSA) is 85.2 Å². The molecule has 172 valence electrons. The number of fused-ring (bicyclic) bond motifs is 1.